The lowest BCUT2D eigenvalue weighted by atomic mass is 10.3. The predicted molar refractivity (Wildman–Crippen MR) is 58.2 cm³/mol. The summed E-state index contributed by atoms with van der Waals surface area (Å²) in [5.41, 5.74) is 0. The molecule has 0 atom stereocenters. The first-order valence-corrected chi connectivity index (χ1v) is 5.87. The number of hydrogen-bond acceptors (Lipinski definition) is 2. The summed E-state index contributed by atoms with van der Waals surface area (Å²) in [6.45, 7) is 0. The number of rotatable bonds is 3. The van der Waals surface area contributed by atoms with Gasteiger partial charge >= 0.3 is 0 Å². The third-order valence-electron chi connectivity index (χ3n) is 1.23. The van der Waals surface area contributed by atoms with Crippen LogP contribution >= 0.6 is 39.3 Å². The van der Waals surface area contributed by atoms with Gasteiger partial charge in [-0.05, 0) is 24.5 Å². The molecule has 0 aromatic heterocycles. The lowest BCUT2D eigenvalue weighted by molar-refractivity contribution is 0.393. The van der Waals surface area contributed by atoms with Crippen LogP contribution in [0.2, 0.25) is 5.02 Å². The van der Waals surface area contributed by atoms with Crippen LogP contribution in [0.1, 0.15) is 0 Å². The Hall–Kier alpha value is 0.140. The molecular weight excluding hydrogens is 260 g/mol. The number of halogens is 2. The SMILES string of the molecule is CSCOc1cc(Br)ccc1Cl. The Kier molecular flexibility index (Phi) is 4.26. The van der Waals surface area contributed by atoms with Crippen LogP contribution < -0.4 is 4.74 Å². The van der Waals surface area contributed by atoms with Crippen molar-refractivity contribution < 1.29 is 4.74 Å². The van der Waals surface area contributed by atoms with Crippen molar-refractivity contribution in [2.24, 2.45) is 0 Å². The summed E-state index contributed by atoms with van der Waals surface area (Å²) in [5.74, 6) is 1.34. The van der Waals surface area contributed by atoms with E-state index in [1.54, 1.807) is 17.8 Å². The van der Waals surface area contributed by atoms with Gasteiger partial charge in [0, 0.05) is 4.47 Å². The summed E-state index contributed by atoms with van der Waals surface area (Å²) >= 11 is 10.8. The van der Waals surface area contributed by atoms with Gasteiger partial charge in [-0.1, -0.05) is 27.5 Å². The van der Waals surface area contributed by atoms with E-state index < -0.39 is 0 Å². The van der Waals surface area contributed by atoms with Gasteiger partial charge in [0.05, 0.1) is 5.02 Å². The highest BCUT2D eigenvalue weighted by molar-refractivity contribution is 9.10. The molecule has 1 aromatic rings. The lowest BCUT2D eigenvalue weighted by Crippen LogP contribution is -1.91. The average molecular weight is 268 g/mol. The molecule has 0 bridgehead atoms. The lowest BCUT2D eigenvalue weighted by Gasteiger charge is -2.05. The smallest absolute Gasteiger partial charge is 0.140 e. The van der Waals surface area contributed by atoms with Gasteiger partial charge in [0.15, 0.2) is 0 Å². The van der Waals surface area contributed by atoms with Crippen LogP contribution in [0.25, 0.3) is 0 Å². The first-order chi connectivity index (χ1) is 5.74. The highest BCUT2D eigenvalue weighted by atomic mass is 79.9. The maximum absolute atomic E-state index is 5.88. The fraction of sp³-hybridized carbons (Fsp3) is 0.250. The van der Waals surface area contributed by atoms with Crippen LogP contribution in [0.4, 0.5) is 0 Å². The molecule has 1 aromatic carbocycles. The van der Waals surface area contributed by atoms with Gasteiger partial charge in [-0.3, -0.25) is 0 Å². The van der Waals surface area contributed by atoms with Crippen LogP contribution in [0.5, 0.6) is 5.75 Å². The first-order valence-electron chi connectivity index (χ1n) is 3.31. The van der Waals surface area contributed by atoms with Crippen molar-refractivity contribution in [3.63, 3.8) is 0 Å². The normalized spacial score (nSPS) is 9.92. The van der Waals surface area contributed by atoms with Crippen LogP contribution in [0.15, 0.2) is 22.7 Å². The van der Waals surface area contributed by atoms with E-state index in [1.807, 2.05) is 18.4 Å². The van der Waals surface area contributed by atoms with Gasteiger partial charge in [-0.2, -0.15) is 0 Å². The fourth-order valence-corrected chi connectivity index (χ4v) is 1.47. The number of thioether (sulfide) groups is 1. The summed E-state index contributed by atoms with van der Waals surface area (Å²) in [6.07, 6.45) is 1.98. The third kappa shape index (κ3) is 2.88. The zero-order chi connectivity index (χ0) is 8.97. The predicted octanol–water partition coefficient (Wildman–Crippen LogP) is 3.80. The maximum Gasteiger partial charge on any atom is 0.140 e. The Morgan fingerprint density at radius 3 is 3.00 bits per heavy atom. The van der Waals surface area contributed by atoms with Crippen molar-refractivity contribution in [1.82, 2.24) is 0 Å². The highest BCUT2D eigenvalue weighted by Crippen LogP contribution is 2.28. The first kappa shape index (κ1) is 10.2. The summed E-state index contributed by atoms with van der Waals surface area (Å²) in [5, 5.41) is 0.646. The van der Waals surface area contributed by atoms with Gasteiger partial charge in [-0.15, -0.1) is 11.8 Å². The molecule has 0 radical (unpaired) electrons. The van der Waals surface area contributed by atoms with Crippen molar-refractivity contribution in [3.8, 4) is 5.75 Å². The minimum atomic E-state index is 0.621. The van der Waals surface area contributed by atoms with Crippen molar-refractivity contribution in [3.05, 3.63) is 27.7 Å². The van der Waals surface area contributed by atoms with E-state index in [0.717, 1.165) is 10.2 Å². The van der Waals surface area contributed by atoms with E-state index in [0.29, 0.717) is 11.0 Å². The molecule has 0 heterocycles. The second-order valence-corrected chi connectivity index (χ2v) is 4.26. The Morgan fingerprint density at radius 1 is 1.58 bits per heavy atom. The minimum Gasteiger partial charge on any atom is -0.481 e. The molecule has 0 N–H and O–H groups in total. The average Bonchev–Trinajstić information content (AvgIpc) is 2.07. The molecule has 0 aliphatic rings. The summed E-state index contributed by atoms with van der Waals surface area (Å²) in [7, 11) is 0. The minimum absolute atomic E-state index is 0.621. The number of hydrogen-bond donors (Lipinski definition) is 0. The van der Waals surface area contributed by atoms with E-state index in [9.17, 15) is 0 Å². The molecule has 0 unspecified atom stereocenters. The summed E-state index contributed by atoms with van der Waals surface area (Å²) < 4.78 is 6.34. The Labute approximate surface area is 89.6 Å². The zero-order valence-corrected chi connectivity index (χ0v) is 9.67. The largest absolute Gasteiger partial charge is 0.481 e. The van der Waals surface area contributed by atoms with E-state index in [-0.39, 0.29) is 0 Å². The molecule has 0 aliphatic carbocycles. The van der Waals surface area contributed by atoms with Crippen molar-refractivity contribution in [1.29, 1.82) is 0 Å². The maximum atomic E-state index is 5.88. The molecule has 1 rings (SSSR count). The number of benzene rings is 1. The van der Waals surface area contributed by atoms with Crippen molar-refractivity contribution in [2.45, 2.75) is 0 Å². The molecule has 4 heteroatoms. The van der Waals surface area contributed by atoms with E-state index in [1.165, 1.54) is 0 Å². The standard InChI is InChI=1S/C8H8BrClOS/c1-12-5-11-8-4-6(9)2-3-7(8)10/h2-4H,5H2,1H3. The molecule has 0 saturated heterocycles. The highest BCUT2D eigenvalue weighted by Gasteiger charge is 2.00. The van der Waals surface area contributed by atoms with Crippen LogP contribution in [-0.4, -0.2) is 12.2 Å². The molecule has 0 aliphatic heterocycles. The monoisotopic (exact) mass is 266 g/mol. The van der Waals surface area contributed by atoms with Gasteiger partial charge in [0.25, 0.3) is 0 Å². The number of ether oxygens (including phenoxy) is 1. The second kappa shape index (κ2) is 5.00. The van der Waals surface area contributed by atoms with E-state index in [4.69, 9.17) is 16.3 Å². The molecule has 0 amide bonds. The van der Waals surface area contributed by atoms with Crippen LogP contribution in [0.3, 0.4) is 0 Å². The van der Waals surface area contributed by atoms with Crippen molar-refractivity contribution in [2.75, 3.05) is 12.2 Å². The molecule has 0 saturated carbocycles. The van der Waals surface area contributed by atoms with E-state index in [2.05, 4.69) is 15.9 Å². The quantitative estimate of drug-likeness (QED) is 0.770. The Morgan fingerprint density at radius 2 is 2.33 bits per heavy atom. The van der Waals surface area contributed by atoms with Crippen LogP contribution in [-0.2, 0) is 0 Å². The Balaban J connectivity index is 2.75. The molecule has 0 fully saturated rings. The molecular formula is C8H8BrClOS. The van der Waals surface area contributed by atoms with Gasteiger partial charge in [0.2, 0.25) is 0 Å². The molecule has 66 valence electrons. The molecule has 1 nitrogen and oxygen atoms in total. The van der Waals surface area contributed by atoms with Crippen LogP contribution in [0, 0.1) is 0 Å². The fourth-order valence-electron chi connectivity index (χ4n) is 0.710. The third-order valence-corrected chi connectivity index (χ3v) is 2.38. The summed E-state index contributed by atoms with van der Waals surface area (Å²) in [4.78, 5) is 0. The van der Waals surface area contributed by atoms with Gasteiger partial charge in [0.1, 0.15) is 11.7 Å². The molecule has 12 heavy (non-hydrogen) atoms. The summed E-state index contributed by atoms with van der Waals surface area (Å²) in [6, 6.07) is 5.55. The second-order valence-electron chi connectivity index (χ2n) is 2.13. The van der Waals surface area contributed by atoms with Gasteiger partial charge < -0.3 is 4.74 Å². The van der Waals surface area contributed by atoms with Gasteiger partial charge in [-0.25, -0.2) is 0 Å². The van der Waals surface area contributed by atoms with E-state index >= 15 is 0 Å². The zero-order valence-electron chi connectivity index (χ0n) is 6.51. The topological polar surface area (TPSA) is 9.23 Å². The Bertz CT molecular complexity index is 267. The van der Waals surface area contributed by atoms with Crippen molar-refractivity contribution >= 4 is 39.3 Å². The molecule has 0 spiro atoms.